The van der Waals surface area contributed by atoms with Crippen LogP contribution in [0.5, 0.6) is 0 Å². The maximum atomic E-state index is 13.7. The number of amides is 2. The van der Waals surface area contributed by atoms with Gasteiger partial charge in [-0.3, -0.25) is 13.9 Å². The maximum absolute atomic E-state index is 13.7. The van der Waals surface area contributed by atoms with E-state index in [1.807, 2.05) is 0 Å². The van der Waals surface area contributed by atoms with Crippen LogP contribution in [0.25, 0.3) is 0 Å². The molecule has 0 aliphatic carbocycles. The summed E-state index contributed by atoms with van der Waals surface area (Å²) in [5.74, 6) is -4.10. The van der Waals surface area contributed by atoms with E-state index < -0.39 is 51.9 Å². The molecule has 1 atom stereocenters. The van der Waals surface area contributed by atoms with Crippen molar-refractivity contribution in [3.05, 3.63) is 65.5 Å². The van der Waals surface area contributed by atoms with Crippen LogP contribution in [0.2, 0.25) is 0 Å². The molecule has 0 aliphatic heterocycles. The Morgan fingerprint density at radius 1 is 1.00 bits per heavy atom. The summed E-state index contributed by atoms with van der Waals surface area (Å²) in [7, 11) is -4.07. The molecule has 0 heterocycles. The SMILES string of the molecule is CCNC(=O)[C@@H](CC)N(Cc1ccc(F)cc1)C(=O)CN(c1ccc(F)c(F)c1)S(C)(=O)=O. The molecule has 0 radical (unpaired) electrons. The largest absolute Gasteiger partial charge is 0.355 e. The Morgan fingerprint density at radius 3 is 2.15 bits per heavy atom. The molecule has 0 aromatic heterocycles. The third-order valence-electron chi connectivity index (χ3n) is 4.87. The van der Waals surface area contributed by atoms with E-state index in [1.165, 1.54) is 29.2 Å². The second-order valence-electron chi connectivity index (χ2n) is 7.33. The number of halogens is 3. The Morgan fingerprint density at radius 2 is 1.64 bits per heavy atom. The average molecular weight is 486 g/mol. The van der Waals surface area contributed by atoms with Crippen LogP contribution in [0, 0.1) is 17.5 Å². The van der Waals surface area contributed by atoms with Crippen molar-refractivity contribution in [2.24, 2.45) is 0 Å². The maximum Gasteiger partial charge on any atom is 0.244 e. The van der Waals surface area contributed by atoms with Gasteiger partial charge in [0.25, 0.3) is 0 Å². The van der Waals surface area contributed by atoms with Gasteiger partial charge in [0.05, 0.1) is 11.9 Å². The van der Waals surface area contributed by atoms with Crippen molar-refractivity contribution in [1.82, 2.24) is 10.2 Å². The van der Waals surface area contributed by atoms with Crippen LogP contribution >= 0.6 is 0 Å². The highest BCUT2D eigenvalue weighted by atomic mass is 32.2. The molecule has 33 heavy (non-hydrogen) atoms. The highest BCUT2D eigenvalue weighted by Crippen LogP contribution is 2.22. The number of carbonyl (C=O) groups is 2. The van der Waals surface area contributed by atoms with Crippen LogP contribution in [0.3, 0.4) is 0 Å². The number of nitrogens with one attached hydrogen (secondary N) is 1. The lowest BCUT2D eigenvalue weighted by Gasteiger charge is -2.32. The fourth-order valence-corrected chi connectivity index (χ4v) is 4.09. The zero-order chi connectivity index (χ0) is 24.8. The van der Waals surface area contributed by atoms with Gasteiger partial charge >= 0.3 is 0 Å². The molecule has 11 heteroatoms. The fraction of sp³-hybridized carbons (Fsp3) is 0.364. The molecule has 0 saturated heterocycles. The van der Waals surface area contributed by atoms with Gasteiger partial charge in [-0.25, -0.2) is 21.6 Å². The molecule has 0 spiro atoms. The summed E-state index contributed by atoms with van der Waals surface area (Å²) in [4.78, 5) is 27.1. The molecule has 1 N–H and O–H groups in total. The first-order chi connectivity index (χ1) is 15.5. The first-order valence-electron chi connectivity index (χ1n) is 10.2. The normalized spacial score (nSPS) is 12.2. The lowest BCUT2D eigenvalue weighted by Crippen LogP contribution is -2.52. The van der Waals surface area contributed by atoms with E-state index in [4.69, 9.17) is 0 Å². The first-order valence-corrected chi connectivity index (χ1v) is 12.1. The summed E-state index contributed by atoms with van der Waals surface area (Å²) in [6, 6.07) is 6.84. The van der Waals surface area contributed by atoms with Crippen LogP contribution in [0.1, 0.15) is 25.8 Å². The van der Waals surface area contributed by atoms with Gasteiger partial charge in [-0.15, -0.1) is 0 Å². The Kier molecular flexibility index (Phi) is 8.86. The molecule has 7 nitrogen and oxygen atoms in total. The van der Waals surface area contributed by atoms with Crippen molar-refractivity contribution < 1.29 is 31.2 Å². The van der Waals surface area contributed by atoms with E-state index in [-0.39, 0.29) is 18.7 Å². The molecule has 2 aromatic rings. The topological polar surface area (TPSA) is 86.8 Å². The fourth-order valence-electron chi connectivity index (χ4n) is 3.25. The zero-order valence-electron chi connectivity index (χ0n) is 18.5. The van der Waals surface area contributed by atoms with E-state index >= 15 is 0 Å². The van der Waals surface area contributed by atoms with Gasteiger partial charge in [0, 0.05) is 19.2 Å². The Labute approximate surface area is 191 Å². The molecule has 0 aliphatic rings. The van der Waals surface area contributed by atoms with Crippen LogP contribution in [-0.2, 0) is 26.2 Å². The minimum Gasteiger partial charge on any atom is -0.355 e. The predicted molar refractivity (Wildman–Crippen MR) is 118 cm³/mol. The molecule has 0 saturated carbocycles. The summed E-state index contributed by atoms with van der Waals surface area (Å²) >= 11 is 0. The van der Waals surface area contributed by atoms with Crippen LogP contribution < -0.4 is 9.62 Å². The van der Waals surface area contributed by atoms with Gasteiger partial charge < -0.3 is 10.2 Å². The second kappa shape index (κ2) is 11.2. The number of sulfonamides is 1. The average Bonchev–Trinajstić information content (AvgIpc) is 2.74. The Balaban J connectivity index is 2.44. The highest BCUT2D eigenvalue weighted by molar-refractivity contribution is 7.92. The highest BCUT2D eigenvalue weighted by Gasteiger charge is 2.31. The summed E-state index contributed by atoms with van der Waals surface area (Å²) in [5.41, 5.74) is 0.281. The lowest BCUT2D eigenvalue weighted by atomic mass is 10.1. The summed E-state index contributed by atoms with van der Waals surface area (Å²) in [6.45, 7) is 2.88. The van der Waals surface area contributed by atoms with Crippen LogP contribution in [0.15, 0.2) is 42.5 Å². The number of anilines is 1. The van der Waals surface area contributed by atoms with E-state index in [0.717, 1.165) is 18.4 Å². The van der Waals surface area contributed by atoms with Crippen molar-refractivity contribution in [3.63, 3.8) is 0 Å². The zero-order valence-corrected chi connectivity index (χ0v) is 19.3. The summed E-state index contributed by atoms with van der Waals surface area (Å²) in [5, 5.41) is 2.64. The number of hydrogen-bond donors (Lipinski definition) is 1. The molecule has 2 aromatic carbocycles. The predicted octanol–water partition coefficient (Wildman–Crippen LogP) is 2.81. The quantitative estimate of drug-likeness (QED) is 0.561. The molecule has 0 bridgehead atoms. The van der Waals surface area contributed by atoms with Crippen LogP contribution in [0.4, 0.5) is 18.9 Å². The van der Waals surface area contributed by atoms with Crippen molar-refractivity contribution in [3.8, 4) is 0 Å². The second-order valence-corrected chi connectivity index (χ2v) is 9.24. The van der Waals surface area contributed by atoms with Crippen LogP contribution in [-0.4, -0.2) is 50.5 Å². The molecule has 0 unspecified atom stereocenters. The van der Waals surface area contributed by atoms with Gasteiger partial charge in [0.2, 0.25) is 21.8 Å². The first kappa shape index (κ1) is 26.2. The number of nitrogens with zero attached hydrogens (tertiary/aromatic N) is 2. The molecular formula is C22H26F3N3O4S. The molecule has 2 rings (SSSR count). The summed E-state index contributed by atoms with van der Waals surface area (Å²) in [6.07, 6.45) is 1.05. The van der Waals surface area contributed by atoms with Crippen molar-refractivity contribution in [1.29, 1.82) is 0 Å². The number of hydrogen-bond acceptors (Lipinski definition) is 4. The van der Waals surface area contributed by atoms with E-state index in [9.17, 15) is 31.2 Å². The van der Waals surface area contributed by atoms with Gasteiger partial charge in [-0.1, -0.05) is 19.1 Å². The Bertz CT molecular complexity index is 1090. The monoisotopic (exact) mass is 485 g/mol. The van der Waals surface area contributed by atoms with E-state index in [2.05, 4.69) is 5.32 Å². The third-order valence-corrected chi connectivity index (χ3v) is 6.01. The standard InChI is InChI=1S/C22H26F3N3O4S/c1-4-20(22(30)26-5-2)27(13-15-6-8-16(23)9-7-15)21(29)14-28(33(3,31)32)17-10-11-18(24)19(25)12-17/h6-12,20H,4-5,13-14H2,1-3H3,(H,26,30)/t20-/m1/s1. The third kappa shape index (κ3) is 6.95. The van der Waals surface area contributed by atoms with Gasteiger partial charge in [0.1, 0.15) is 18.4 Å². The number of benzene rings is 2. The van der Waals surface area contributed by atoms with Gasteiger partial charge in [-0.05, 0) is 43.2 Å². The van der Waals surface area contributed by atoms with Crippen molar-refractivity contribution >= 4 is 27.5 Å². The molecule has 0 fully saturated rings. The molecular weight excluding hydrogens is 459 g/mol. The summed E-state index contributed by atoms with van der Waals surface area (Å²) < 4.78 is 65.8. The van der Waals surface area contributed by atoms with Gasteiger partial charge in [0.15, 0.2) is 11.6 Å². The molecule has 2 amide bonds. The van der Waals surface area contributed by atoms with Crippen molar-refractivity contribution in [2.75, 3.05) is 23.7 Å². The van der Waals surface area contributed by atoms with E-state index in [0.29, 0.717) is 22.5 Å². The minimum absolute atomic E-state index is 0.0931. The number of likely N-dealkylation sites (N-methyl/N-ethyl adjacent to an activating group) is 1. The van der Waals surface area contributed by atoms with Gasteiger partial charge in [-0.2, -0.15) is 0 Å². The number of rotatable bonds is 10. The lowest BCUT2D eigenvalue weighted by molar-refractivity contribution is -0.140. The minimum atomic E-state index is -4.07. The van der Waals surface area contributed by atoms with Crippen molar-refractivity contribution in [2.45, 2.75) is 32.9 Å². The van der Waals surface area contributed by atoms with E-state index in [1.54, 1.807) is 13.8 Å². The number of carbonyl (C=O) groups excluding carboxylic acids is 2. The smallest absolute Gasteiger partial charge is 0.244 e. The molecule has 180 valence electrons. The Hall–Kier alpha value is -3.08.